The highest BCUT2D eigenvalue weighted by molar-refractivity contribution is 6.08. The van der Waals surface area contributed by atoms with Crippen LogP contribution < -0.4 is 0 Å². The second-order valence-electron chi connectivity index (χ2n) is 9.23. The van der Waals surface area contributed by atoms with E-state index >= 15 is 0 Å². The minimum absolute atomic E-state index is 0.228. The number of carbonyl (C=O) groups excluding carboxylic acids is 2. The molecule has 0 saturated heterocycles. The van der Waals surface area contributed by atoms with Crippen LogP contribution in [0.2, 0.25) is 0 Å². The van der Waals surface area contributed by atoms with Gasteiger partial charge >= 0.3 is 0 Å². The normalized spacial score (nSPS) is 16.2. The van der Waals surface area contributed by atoms with E-state index in [-0.39, 0.29) is 17.1 Å². The molecule has 2 rings (SSSR count). The number of ketones is 1. The van der Waals surface area contributed by atoms with Gasteiger partial charge in [-0.05, 0) is 18.9 Å². The van der Waals surface area contributed by atoms with Gasteiger partial charge in [0.25, 0.3) is 5.91 Å². The van der Waals surface area contributed by atoms with E-state index in [1.807, 2.05) is 30.3 Å². The lowest BCUT2D eigenvalue weighted by molar-refractivity contribution is -0.129. The van der Waals surface area contributed by atoms with Crippen LogP contribution in [0.5, 0.6) is 0 Å². The highest BCUT2D eigenvalue weighted by Gasteiger charge is 2.41. The fourth-order valence-corrected chi connectivity index (χ4v) is 4.70. The summed E-state index contributed by atoms with van der Waals surface area (Å²) in [4.78, 5) is 26.4. The van der Waals surface area contributed by atoms with Crippen molar-refractivity contribution in [2.75, 3.05) is 6.54 Å². The first-order valence-electron chi connectivity index (χ1n) is 12.9. The molecule has 1 atom stereocenters. The second-order valence-corrected chi connectivity index (χ2v) is 9.23. The zero-order valence-corrected chi connectivity index (χ0v) is 20.3. The number of rotatable bonds is 17. The standard InChI is InChI=1S/C28H43NO3/c1-3-4-5-6-7-8-9-10-11-12-13-14-15-19-22-29-26(24-20-17-16-18-21-24)25(23(2)30)27(31)28(29)32/h16-18,20-21,26,31H,3-15,19,22H2,1-2H3/t26-/m0/s1. The van der Waals surface area contributed by atoms with Gasteiger partial charge in [0, 0.05) is 6.54 Å². The number of nitrogens with zero attached hydrogens (tertiary/aromatic N) is 1. The molecule has 1 heterocycles. The van der Waals surface area contributed by atoms with Gasteiger partial charge in [-0.25, -0.2) is 0 Å². The lowest BCUT2D eigenvalue weighted by Gasteiger charge is -2.26. The van der Waals surface area contributed by atoms with Crippen molar-refractivity contribution in [2.45, 2.75) is 110 Å². The Morgan fingerprint density at radius 2 is 1.28 bits per heavy atom. The number of hydrogen-bond donors (Lipinski definition) is 1. The number of benzene rings is 1. The minimum atomic E-state index is -0.469. The Hall–Kier alpha value is -2.10. The molecule has 1 aromatic carbocycles. The van der Waals surface area contributed by atoms with Crippen molar-refractivity contribution in [3.8, 4) is 0 Å². The molecule has 1 aliphatic heterocycles. The average Bonchev–Trinajstić information content (AvgIpc) is 3.05. The summed E-state index contributed by atoms with van der Waals surface area (Å²) in [5.74, 6) is -1.04. The summed E-state index contributed by atoms with van der Waals surface area (Å²) in [6.45, 7) is 4.25. The Balaban J connectivity index is 1.64. The monoisotopic (exact) mass is 441 g/mol. The number of amides is 1. The van der Waals surface area contributed by atoms with Gasteiger partial charge in [-0.15, -0.1) is 0 Å². The van der Waals surface area contributed by atoms with Gasteiger partial charge < -0.3 is 10.0 Å². The van der Waals surface area contributed by atoms with Crippen molar-refractivity contribution in [1.82, 2.24) is 4.90 Å². The zero-order chi connectivity index (χ0) is 23.2. The fraction of sp³-hybridized carbons (Fsp3) is 0.643. The predicted molar refractivity (Wildman–Crippen MR) is 132 cm³/mol. The molecule has 0 bridgehead atoms. The van der Waals surface area contributed by atoms with Crippen LogP contribution in [0.3, 0.4) is 0 Å². The highest BCUT2D eigenvalue weighted by atomic mass is 16.3. The summed E-state index contributed by atoms with van der Waals surface area (Å²) in [5.41, 5.74) is 1.10. The highest BCUT2D eigenvalue weighted by Crippen LogP contribution is 2.37. The third-order valence-corrected chi connectivity index (χ3v) is 6.55. The van der Waals surface area contributed by atoms with E-state index in [9.17, 15) is 14.7 Å². The van der Waals surface area contributed by atoms with Crippen LogP contribution in [0.4, 0.5) is 0 Å². The SMILES string of the molecule is CCCCCCCCCCCCCCCCN1C(=O)C(O)=C(C(C)=O)[C@@H]1c1ccccc1. The third kappa shape index (κ3) is 8.11. The molecule has 0 aliphatic carbocycles. The van der Waals surface area contributed by atoms with Crippen LogP contribution in [-0.2, 0) is 9.59 Å². The van der Waals surface area contributed by atoms with E-state index in [0.29, 0.717) is 6.54 Å². The molecule has 1 N–H and O–H groups in total. The van der Waals surface area contributed by atoms with Crippen LogP contribution in [0, 0.1) is 0 Å². The maximum Gasteiger partial charge on any atom is 0.290 e. The van der Waals surface area contributed by atoms with Gasteiger partial charge in [0.15, 0.2) is 11.5 Å². The zero-order valence-electron chi connectivity index (χ0n) is 20.3. The molecule has 1 aromatic rings. The van der Waals surface area contributed by atoms with Crippen LogP contribution in [0.1, 0.15) is 115 Å². The van der Waals surface area contributed by atoms with Gasteiger partial charge in [0.05, 0.1) is 11.6 Å². The van der Waals surface area contributed by atoms with Crippen LogP contribution >= 0.6 is 0 Å². The second kappa shape index (κ2) is 14.9. The van der Waals surface area contributed by atoms with E-state index in [1.165, 1.54) is 84.0 Å². The molecule has 0 radical (unpaired) electrons. The molecule has 0 spiro atoms. The van der Waals surface area contributed by atoms with Gasteiger partial charge in [0.1, 0.15) is 0 Å². The molecule has 32 heavy (non-hydrogen) atoms. The van der Waals surface area contributed by atoms with Crippen molar-refractivity contribution in [2.24, 2.45) is 0 Å². The molecule has 1 amide bonds. The van der Waals surface area contributed by atoms with E-state index < -0.39 is 11.9 Å². The Kier molecular flexibility index (Phi) is 12.2. The summed E-state index contributed by atoms with van der Waals surface area (Å²) in [5, 5.41) is 10.3. The largest absolute Gasteiger partial charge is 0.503 e. The van der Waals surface area contributed by atoms with Crippen molar-refractivity contribution in [3.63, 3.8) is 0 Å². The molecule has 0 fully saturated rings. The topological polar surface area (TPSA) is 57.6 Å². The molecular formula is C28H43NO3. The van der Waals surface area contributed by atoms with Crippen molar-refractivity contribution >= 4 is 11.7 Å². The number of hydrogen-bond acceptors (Lipinski definition) is 3. The van der Waals surface area contributed by atoms with E-state index in [4.69, 9.17) is 0 Å². The maximum atomic E-state index is 12.6. The molecule has 4 heteroatoms. The lowest BCUT2D eigenvalue weighted by Crippen LogP contribution is -2.32. The lowest BCUT2D eigenvalue weighted by atomic mass is 9.96. The van der Waals surface area contributed by atoms with Crippen LogP contribution in [0.15, 0.2) is 41.7 Å². The van der Waals surface area contributed by atoms with E-state index in [1.54, 1.807) is 4.90 Å². The first-order chi connectivity index (χ1) is 15.6. The van der Waals surface area contributed by atoms with Gasteiger partial charge in [-0.2, -0.15) is 0 Å². The third-order valence-electron chi connectivity index (χ3n) is 6.55. The minimum Gasteiger partial charge on any atom is -0.503 e. The number of aliphatic hydroxyl groups is 1. The van der Waals surface area contributed by atoms with E-state index in [0.717, 1.165) is 18.4 Å². The summed E-state index contributed by atoms with van der Waals surface area (Å²) < 4.78 is 0. The smallest absolute Gasteiger partial charge is 0.290 e. The van der Waals surface area contributed by atoms with Crippen molar-refractivity contribution < 1.29 is 14.7 Å². The first kappa shape index (κ1) is 26.2. The molecule has 0 saturated carbocycles. The summed E-state index contributed by atoms with van der Waals surface area (Å²) in [6, 6.07) is 9.07. The van der Waals surface area contributed by atoms with Crippen molar-refractivity contribution in [1.29, 1.82) is 0 Å². The predicted octanol–water partition coefficient (Wildman–Crippen LogP) is 7.45. The Labute approximate surface area is 195 Å². The molecule has 0 aromatic heterocycles. The Bertz CT molecular complexity index is 725. The van der Waals surface area contributed by atoms with Crippen molar-refractivity contribution in [3.05, 3.63) is 47.2 Å². The average molecular weight is 442 g/mol. The molecular weight excluding hydrogens is 398 g/mol. The Morgan fingerprint density at radius 3 is 1.75 bits per heavy atom. The maximum absolute atomic E-state index is 12.6. The number of carbonyl (C=O) groups is 2. The fourth-order valence-electron chi connectivity index (χ4n) is 4.70. The Morgan fingerprint density at radius 1 is 0.812 bits per heavy atom. The quantitative estimate of drug-likeness (QED) is 0.255. The molecule has 178 valence electrons. The number of Topliss-reactive ketones (excluding diaryl/α,β-unsaturated/α-hetero) is 1. The van der Waals surface area contributed by atoms with Gasteiger partial charge in [-0.1, -0.05) is 121 Å². The molecule has 0 unspecified atom stereocenters. The van der Waals surface area contributed by atoms with Gasteiger partial charge in [0.2, 0.25) is 0 Å². The summed E-state index contributed by atoms with van der Waals surface area (Å²) in [7, 11) is 0. The summed E-state index contributed by atoms with van der Waals surface area (Å²) >= 11 is 0. The first-order valence-corrected chi connectivity index (χ1v) is 12.9. The molecule has 1 aliphatic rings. The van der Waals surface area contributed by atoms with Crippen LogP contribution in [-0.4, -0.2) is 28.2 Å². The van der Waals surface area contributed by atoms with Crippen LogP contribution in [0.25, 0.3) is 0 Å². The molecule has 4 nitrogen and oxygen atoms in total. The van der Waals surface area contributed by atoms with E-state index in [2.05, 4.69) is 6.92 Å². The number of aliphatic hydroxyl groups excluding tert-OH is 1. The number of unbranched alkanes of at least 4 members (excludes halogenated alkanes) is 13. The summed E-state index contributed by atoms with van der Waals surface area (Å²) in [6.07, 6.45) is 18.0. The van der Waals surface area contributed by atoms with Gasteiger partial charge in [-0.3, -0.25) is 9.59 Å².